The van der Waals surface area contributed by atoms with Gasteiger partial charge in [-0.15, -0.1) is 11.3 Å². The van der Waals surface area contributed by atoms with Gasteiger partial charge in [0, 0.05) is 28.9 Å². The molecule has 1 N–H and O–H groups in total. The van der Waals surface area contributed by atoms with E-state index in [0.29, 0.717) is 27.1 Å². The van der Waals surface area contributed by atoms with Gasteiger partial charge in [0.25, 0.3) is 0 Å². The number of halogens is 1. The van der Waals surface area contributed by atoms with Crippen LogP contribution in [0.4, 0.5) is 10.1 Å². The Hall–Kier alpha value is -3.10. The Kier molecular flexibility index (Phi) is 5.92. The predicted molar refractivity (Wildman–Crippen MR) is 114 cm³/mol. The number of thiazole rings is 1. The van der Waals surface area contributed by atoms with Gasteiger partial charge in [-0.2, -0.15) is 0 Å². The van der Waals surface area contributed by atoms with Gasteiger partial charge in [-0.1, -0.05) is 42.1 Å². The van der Waals surface area contributed by atoms with Crippen LogP contribution < -0.4 is 5.32 Å². The molecule has 0 spiro atoms. The van der Waals surface area contributed by atoms with E-state index in [1.165, 1.54) is 29.2 Å². The summed E-state index contributed by atoms with van der Waals surface area (Å²) in [4.78, 5) is 25.1. The number of hydrogen-bond donors (Lipinski definition) is 1. The van der Waals surface area contributed by atoms with Crippen LogP contribution in [-0.4, -0.2) is 26.6 Å². The molecule has 1 amide bonds. The van der Waals surface area contributed by atoms with E-state index >= 15 is 0 Å². The van der Waals surface area contributed by atoms with Gasteiger partial charge in [0.05, 0.1) is 17.1 Å². The lowest BCUT2D eigenvalue weighted by Crippen LogP contribution is -2.15. The molecule has 2 heterocycles. The lowest BCUT2D eigenvalue weighted by Gasteiger charge is -2.09. The third-order valence-electron chi connectivity index (χ3n) is 3.96. The number of carbonyl (C=O) groups excluding carboxylic acids is 1. The molecule has 2 aromatic carbocycles. The molecule has 0 unspecified atom stereocenters. The van der Waals surface area contributed by atoms with Crippen LogP contribution in [0.25, 0.3) is 21.8 Å². The summed E-state index contributed by atoms with van der Waals surface area (Å²) in [6, 6.07) is 15.7. The summed E-state index contributed by atoms with van der Waals surface area (Å²) in [5, 5.41) is 5.92. The molecule has 0 aliphatic heterocycles. The number of hydrogen-bond acceptors (Lipinski definition) is 6. The van der Waals surface area contributed by atoms with Crippen molar-refractivity contribution in [2.24, 2.45) is 0 Å². The first-order valence-electron chi connectivity index (χ1n) is 8.70. The first-order chi connectivity index (χ1) is 14.2. The second-order valence-corrected chi connectivity index (χ2v) is 7.73. The zero-order chi connectivity index (χ0) is 20.1. The topological polar surface area (TPSA) is 67.8 Å². The van der Waals surface area contributed by atoms with E-state index in [1.54, 1.807) is 36.7 Å². The van der Waals surface area contributed by atoms with Crippen LogP contribution in [0.5, 0.6) is 0 Å². The second kappa shape index (κ2) is 8.93. The molecule has 4 rings (SSSR count). The van der Waals surface area contributed by atoms with Gasteiger partial charge < -0.3 is 5.32 Å². The minimum absolute atomic E-state index is 0.167. The smallest absolute Gasteiger partial charge is 0.234 e. The number of para-hydroxylation sites is 1. The molecule has 0 saturated carbocycles. The van der Waals surface area contributed by atoms with E-state index in [1.807, 2.05) is 29.6 Å². The number of benzene rings is 2. The van der Waals surface area contributed by atoms with Crippen LogP contribution in [-0.2, 0) is 4.79 Å². The Morgan fingerprint density at radius 3 is 2.52 bits per heavy atom. The van der Waals surface area contributed by atoms with E-state index in [9.17, 15) is 9.18 Å². The van der Waals surface area contributed by atoms with Crippen molar-refractivity contribution in [1.82, 2.24) is 15.0 Å². The molecule has 0 aliphatic carbocycles. The van der Waals surface area contributed by atoms with Crippen molar-refractivity contribution in [1.29, 1.82) is 0 Å². The molecule has 0 radical (unpaired) electrons. The molecule has 2 aromatic heterocycles. The summed E-state index contributed by atoms with van der Waals surface area (Å²) < 4.78 is 14.1. The third kappa shape index (κ3) is 4.67. The van der Waals surface area contributed by atoms with Gasteiger partial charge in [0.1, 0.15) is 10.8 Å². The SMILES string of the molecule is O=C(CSc1ncccn1)Nc1ccccc1-c1csc(-c2ccccc2F)n1. The number of thioether (sulfide) groups is 1. The molecule has 0 aliphatic rings. The number of rotatable bonds is 6. The molecule has 29 heavy (non-hydrogen) atoms. The number of nitrogens with one attached hydrogen (secondary N) is 1. The quantitative estimate of drug-likeness (QED) is 0.344. The molecule has 4 aromatic rings. The second-order valence-electron chi connectivity index (χ2n) is 5.93. The van der Waals surface area contributed by atoms with E-state index in [2.05, 4.69) is 20.3 Å². The minimum atomic E-state index is -0.310. The third-order valence-corrected chi connectivity index (χ3v) is 5.71. The minimum Gasteiger partial charge on any atom is -0.325 e. The van der Waals surface area contributed by atoms with Crippen molar-refractivity contribution < 1.29 is 9.18 Å². The monoisotopic (exact) mass is 422 g/mol. The summed E-state index contributed by atoms with van der Waals surface area (Å²) in [6.07, 6.45) is 3.27. The fourth-order valence-corrected chi connectivity index (χ4v) is 4.10. The van der Waals surface area contributed by atoms with E-state index < -0.39 is 0 Å². The highest BCUT2D eigenvalue weighted by Crippen LogP contribution is 2.33. The lowest BCUT2D eigenvalue weighted by molar-refractivity contribution is -0.113. The van der Waals surface area contributed by atoms with E-state index in [0.717, 1.165) is 5.56 Å². The number of nitrogens with zero attached hydrogens (tertiary/aromatic N) is 3. The Morgan fingerprint density at radius 2 is 1.72 bits per heavy atom. The van der Waals surface area contributed by atoms with Gasteiger partial charge in [-0.25, -0.2) is 19.3 Å². The lowest BCUT2D eigenvalue weighted by atomic mass is 10.1. The molecule has 0 saturated heterocycles. The predicted octanol–water partition coefficient (Wildman–Crippen LogP) is 5.14. The summed E-state index contributed by atoms with van der Waals surface area (Å²) in [6.45, 7) is 0. The average molecular weight is 423 g/mol. The van der Waals surface area contributed by atoms with Gasteiger partial charge >= 0.3 is 0 Å². The number of amides is 1. The Bertz CT molecular complexity index is 1130. The fourth-order valence-electron chi connectivity index (χ4n) is 2.65. The first-order valence-corrected chi connectivity index (χ1v) is 10.6. The van der Waals surface area contributed by atoms with Crippen molar-refractivity contribution in [2.45, 2.75) is 5.16 Å². The number of carbonyl (C=O) groups is 1. The highest BCUT2D eigenvalue weighted by atomic mass is 32.2. The average Bonchev–Trinajstić information content (AvgIpc) is 3.23. The molecule has 0 fully saturated rings. The standard InChI is InChI=1S/C21H15FN4OS2/c22-16-8-3-1-6-14(16)20-26-18(12-28-20)15-7-2-4-9-17(15)25-19(27)13-29-21-23-10-5-11-24-21/h1-12H,13H2,(H,25,27). The Labute approximate surface area is 175 Å². The summed E-state index contributed by atoms with van der Waals surface area (Å²) in [5.74, 6) is -0.287. The van der Waals surface area contributed by atoms with Gasteiger partial charge in [-0.3, -0.25) is 4.79 Å². The van der Waals surface area contributed by atoms with E-state index in [-0.39, 0.29) is 17.5 Å². The molecule has 5 nitrogen and oxygen atoms in total. The maximum atomic E-state index is 14.1. The molecule has 0 bridgehead atoms. The van der Waals surface area contributed by atoms with Crippen molar-refractivity contribution in [2.75, 3.05) is 11.1 Å². The highest BCUT2D eigenvalue weighted by molar-refractivity contribution is 7.99. The van der Waals surface area contributed by atoms with Gasteiger partial charge in [-0.05, 0) is 24.3 Å². The van der Waals surface area contributed by atoms with Crippen molar-refractivity contribution in [3.05, 3.63) is 78.2 Å². The van der Waals surface area contributed by atoms with Crippen molar-refractivity contribution >= 4 is 34.7 Å². The molecular formula is C21H15FN4OS2. The maximum absolute atomic E-state index is 14.1. The normalized spacial score (nSPS) is 10.7. The van der Waals surface area contributed by atoms with Crippen molar-refractivity contribution in [3.63, 3.8) is 0 Å². The Morgan fingerprint density at radius 1 is 1.00 bits per heavy atom. The molecule has 144 valence electrons. The van der Waals surface area contributed by atoms with Crippen LogP contribution >= 0.6 is 23.1 Å². The summed E-state index contributed by atoms with van der Waals surface area (Å²) in [5.41, 5.74) is 2.57. The number of aromatic nitrogens is 3. The van der Waals surface area contributed by atoms with Crippen LogP contribution in [0.15, 0.2) is 77.5 Å². The van der Waals surface area contributed by atoms with Crippen LogP contribution in [0.3, 0.4) is 0 Å². The largest absolute Gasteiger partial charge is 0.325 e. The summed E-state index contributed by atoms with van der Waals surface area (Å²) in [7, 11) is 0. The van der Waals surface area contributed by atoms with Gasteiger partial charge in [0.15, 0.2) is 5.16 Å². The Balaban J connectivity index is 1.52. The summed E-state index contributed by atoms with van der Waals surface area (Å²) >= 11 is 2.63. The molecule has 8 heteroatoms. The highest BCUT2D eigenvalue weighted by Gasteiger charge is 2.14. The van der Waals surface area contributed by atoms with Gasteiger partial charge in [0.2, 0.25) is 5.91 Å². The van der Waals surface area contributed by atoms with Crippen LogP contribution in [0.2, 0.25) is 0 Å². The first kappa shape index (κ1) is 19.2. The van der Waals surface area contributed by atoms with E-state index in [4.69, 9.17) is 0 Å². The molecule has 0 atom stereocenters. The van der Waals surface area contributed by atoms with Crippen LogP contribution in [0, 0.1) is 5.82 Å². The zero-order valence-electron chi connectivity index (χ0n) is 15.1. The molecular weight excluding hydrogens is 407 g/mol. The van der Waals surface area contributed by atoms with Crippen molar-refractivity contribution in [3.8, 4) is 21.8 Å². The van der Waals surface area contributed by atoms with Crippen LogP contribution in [0.1, 0.15) is 0 Å². The fraction of sp³-hybridized carbons (Fsp3) is 0.0476. The number of anilines is 1. The zero-order valence-corrected chi connectivity index (χ0v) is 16.7. The maximum Gasteiger partial charge on any atom is 0.234 e.